The van der Waals surface area contributed by atoms with Gasteiger partial charge in [-0.25, -0.2) is 0 Å². The summed E-state index contributed by atoms with van der Waals surface area (Å²) in [5.74, 6) is 1.32. The Bertz CT molecular complexity index is 876. The first kappa shape index (κ1) is 22.2. The van der Waals surface area contributed by atoms with Crippen molar-refractivity contribution in [2.45, 2.75) is 66.0 Å². The average molecular weight is 441 g/mol. The first-order chi connectivity index (χ1) is 15.2. The van der Waals surface area contributed by atoms with E-state index < -0.39 is 0 Å². The van der Waals surface area contributed by atoms with Crippen molar-refractivity contribution in [2.75, 3.05) is 37.8 Å². The van der Waals surface area contributed by atoms with E-state index in [4.69, 9.17) is 9.47 Å². The lowest BCUT2D eigenvalue weighted by atomic mass is 9.58. The number of hydrogen-bond donors (Lipinski definition) is 1. The fourth-order valence-corrected chi connectivity index (χ4v) is 7.40. The fourth-order valence-electron chi connectivity index (χ4n) is 7.40. The second kappa shape index (κ2) is 8.02. The highest BCUT2D eigenvalue weighted by Crippen LogP contribution is 2.70. The van der Waals surface area contributed by atoms with Crippen LogP contribution in [0.3, 0.4) is 0 Å². The normalized spacial score (nSPS) is 35.8. The van der Waals surface area contributed by atoms with Gasteiger partial charge >= 0.3 is 0 Å². The highest BCUT2D eigenvalue weighted by Gasteiger charge is 2.68. The van der Waals surface area contributed by atoms with Crippen LogP contribution >= 0.6 is 0 Å². The van der Waals surface area contributed by atoms with Crippen LogP contribution in [0, 0.1) is 35.5 Å². The lowest BCUT2D eigenvalue weighted by Gasteiger charge is -2.53. The van der Waals surface area contributed by atoms with Crippen LogP contribution in [0.15, 0.2) is 18.2 Å². The molecule has 4 fully saturated rings. The van der Waals surface area contributed by atoms with Crippen molar-refractivity contribution in [3.63, 3.8) is 0 Å². The van der Waals surface area contributed by atoms with Crippen molar-refractivity contribution in [1.29, 1.82) is 0 Å². The van der Waals surface area contributed by atoms with Gasteiger partial charge in [-0.05, 0) is 72.1 Å². The number of aryl methyl sites for hydroxylation is 1. The molecule has 0 radical (unpaired) electrons. The molecule has 176 valence electrons. The zero-order valence-electron chi connectivity index (χ0n) is 20.4. The van der Waals surface area contributed by atoms with Gasteiger partial charge in [-0.15, -0.1) is 0 Å². The Hall–Kier alpha value is -1.59. The second-order valence-electron chi connectivity index (χ2n) is 11.6. The number of anilines is 1. The van der Waals surface area contributed by atoms with E-state index in [9.17, 15) is 4.79 Å². The first-order valence-electron chi connectivity index (χ1n) is 12.6. The number of rotatable bonds is 4. The lowest BCUT2D eigenvalue weighted by molar-refractivity contribution is -0.139. The summed E-state index contributed by atoms with van der Waals surface area (Å²) in [6.07, 6.45) is 3.61. The number of carbonyl (C=O) groups is 1. The molecule has 5 nitrogen and oxygen atoms in total. The zero-order valence-corrected chi connectivity index (χ0v) is 20.4. The molecule has 2 saturated carbocycles. The maximum Gasteiger partial charge on any atom is 0.222 e. The number of nitrogens with one attached hydrogen (secondary N) is 1. The van der Waals surface area contributed by atoms with Gasteiger partial charge < -0.3 is 19.7 Å². The molecule has 1 spiro atoms. The molecule has 5 atom stereocenters. The van der Waals surface area contributed by atoms with Crippen LogP contribution in [0.4, 0.5) is 5.69 Å². The van der Waals surface area contributed by atoms with Crippen molar-refractivity contribution in [1.82, 2.24) is 5.32 Å². The summed E-state index contributed by atoms with van der Waals surface area (Å²) in [6, 6.07) is 7.14. The highest BCUT2D eigenvalue weighted by atomic mass is 16.5. The maximum absolute atomic E-state index is 12.8. The molecule has 2 heterocycles. The van der Waals surface area contributed by atoms with Crippen LogP contribution in [0.2, 0.25) is 0 Å². The van der Waals surface area contributed by atoms with Crippen molar-refractivity contribution < 1.29 is 14.3 Å². The number of ether oxygens (including phenoxy) is 2. The molecule has 1 aromatic rings. The molecule has 1 amide bonds. The van der Waals surface area contributed by atoms with Crippen LogP contribution < -0.4 is 10.2 Å². The van der Waals surface area contributed by atoms with Gasteiger partial charge in [-0.2, -0.15) is 0 Å². The third-order valence-electron chi connectivity index (χ3n) is 9.25. The van der Waals surface area contributed by atoms with Gasteiger partial charge in [0, 0.05) is 37.3 Å². The molecule has 2 aliphatic heterocycles. The van der Waals surface area contributed by atoms with Crippen molar-refractivity contribution in [3.8, 4) is 0 Å². The van der Waals surface area contributed by atoms with Crippen LogP contribution in [-0.4, -0.2) is 44.9 Å². The third-order valence-corrected chi connectivity index (χ3v) is 9.25. The van der Waals surface area contributed by atoms with E-state index in [0.29, 0.717) is 11.8 Å². The topological polar surface area (TPSA) is 50.8 Å². The summed E-state index contributed by atoms with van der Waals surface area (Å²) in [6.45, 7) is 15.3. The van der Waals surface area contributed by atoms with Crippen molar-refractivity contribution in [3.05, 3.63) is 29.3 Å². The number of benzene rings is 1. The van der Waals surface area contributed by atoms with Gasteiger partial charge in [-0.3, -0.25) is 4.79 Å². The predicted molar refractivity (Wildman–Crippen MR) is 127 cm³/mol. The molecule has 2 bridgehead atoms. The number of nitrogens with zero attached hydrogens (tertiary/aromatic N) is 1. The maximum atomic E-state index is 12.8. The standard InChI is InChI=1S/C27H40N2O3/c1-17(2)24(30)28-25-26(4,5)19-15-22-23(32-11-8-27(22,25)16-19)21-7-6-20(14-18(21)3)29-9-12-31-13-10-29/h6-7,14,17,19,22-23,25H,8-13,15-16H2,1-5H3,(H,28,30)/t19-,22-,23-,25+,27-/m1/s1. The van der Waals surface area contributed by atoms with Gasteiger partial charge in [-0.1, -0.05) is 33.8 Å². The van der Waals surface area contributed by atoms with E-state index >= 15 is 0 Å². The molecule has 1 aromatic carbocycles. The first-order valence-corrected chi connectivity index (χ1v) is 12.6. The fraction of sp³-hybridized carbons (Fsp3) is 0.741. The number of morpholine rings is 1. The van der Waals surface area contributed by atoms with Crippen molar-refractivity contribution in [2.24, 2.45) is 28.6 Å². The predicted octanol–water partition coefficient (Wildman–Crippen LogP) is 4.49. The summed E-state index contributed by atoms with van der Waals surface area (Å²) in [5, 5.41) is 3.52. The Morgan fingerprint density at radius 2 is 1.94 bits per heavy atom. The molecule has 2 aliphatic carbocycles. The van der Waals surface area contributed by atoms with E-state index in [1.165, 1.54) is 29.7 Å². The molecule has 5 rings (SSSR count). The van der Waals surface area contributed by atoms with Crippen LogP contribution in [0.1, 0.15) is 64.2 Å². The third kappa shape index (κ3) is 3.38. The Kier molecular flexibility index (Phi) is 5.57. The molecular formula is C27H40N2O3. The Morgan fingerprint density at radius 1 is 1.19 bits per heavy atom. The molecule has 0 unspecified atom stereocenters. The summed E-state index contributed by atoms with van der Waals surface area (Å²) >= 11 is 0. The van der Waals surface area contributed by atoms with E-state index in [1.807, 2.05) is 13.8 Å². The molecular weight excluding hydrogens is 400 g/mol. The molecule has 1 N–H and O–H groups in total. The van der Waals surface area contributed by atoms with Gasteiger partial charge in [0.05, 0.1) is 19.3 Å². The minimum Gasteiger partial charge on any atom is -0.378 e. The van der Waals surface area contributed by atoms with E-state index in [-0.39, 0.29) is 34.8 Å². The smallest absolute Gasteiger partial charge is 0.222 e. The number of amides is 1. The minimum absolute atomic E-state index is 0.0189. The summed E-state index contributed by atoms with van der Waals surface area (Å²) < 4.78 is 12.0. The zero-order chi connectivity index (χ0) is 22.7. The summed E-state index contributed by atoms with van der Waals surface area (Å²) in [4.78, 5) is 15.2. The van der Waals surface area contributed by atoms with Gasteiger partial charge in [0.15, 0.2) is 0 Å². The van der Waals surface area contributed by atoms with Crippen LogP contribution in [0.25, 0.3) is 0 Å². The Labute approximate surface area is 193 Å². The highest BCUT2D eigenvalue weighted by molar-refractivity contribution is 5.78. The van der Waals surface area contributed by atoms with E-state index in [2.05, 4.69) is 49.2 Å². The van der Waals surface area contributed by atoms with Crippen LogP contribution in [-0.2, 0) is 14.3 Å². The Morgan fingerprint density at radius 3 is 2.62 bits per heavy atom. The molecule has 2 saturated heterocycles. The van der Waals surface area contributed by atoms with Gasteiger partial charge in [0.1, 0.15) is 0 Å². The summed E-state index contributed by atoms with van der Waals surface area (Å²) in [7, 11) is 0. The molecule has 4 aliphatic rings. The van der Waals surface area contributed by atoms with E-state index in [1.54, 1.807) is 0 Å². The monoisotopic (exact) mass is 440 g/mol. The number of carbonyl (C=O) groups excluding carboxylic acids is 1. The number of hydrogen-bond acceptors (Lipinski definition) is 4. The largest absolute Gasteiger partial charge is 0.378 e. The van der Waals surface area contributed by atoms with E-state index in [0.717, 1.165) is 39.3 Å². The van der Waals surface area contributed by atoms with Gasteiger partial charge in [0.2, 0.25) is 5.91 Å². The Balaban J connectivity index is 1.44. The SMILES string of the molecule is Cc1cc(N2CCOCC2)ccc1[C@H]1OCC[C@@]23C[C@@H](C[C@H]12)C(C)(C)[C@@H]3NC(=O)C(C)C. The summed E-state index contributed by atoms with van der Waals surface area (Å²) in [5.41, 5.74) is 4.23. The van der Waals surface area contributed by atoms with Crippen LogP contribution in [0.5, 0.6) is 0 Å². The quantitative estimate of drug-likeness (QED) is 0.750. The molecule has 32 heavy (non-hydrogen) atoms. The second-order valence-corrected chi connectivity index (χ2v) is 11.6. The average Bonchev–Trinajstić information content (AvgIpc) is 3.26. The number of fused-ring (bicyclic) bond motifs is 1. The van der Waals surface area contributed by atoms with Gasteiger partial charge in [0.25, 0.3) is 0 Å². The molecule has 0 aromatic heterocycles. The van der Waals surface area contributed by atoms with Crippen molar-refractivity contribution >= 4 is 11.6 Å². The molecule has 5 heteroatoms. The lowest BCUT2D eigenvalue weighted by Crippen LogP contribution is -2.59. The minimum atomic E-state index is 0.0189.